The fraction of sp³-hybridized carbons (Fsp3) is 0.429. The smallest absolute Gasteiger partial charge is 0.266 e. The van der Waals surface area contributed by atoms with Crippen LogP contribution in [0.25, 0.3) is 0 Å². The third-order valence-corrected chi connectivity index (χ3v) is 3.96. The number of rotatable bonds is 4. The van der Waals surface area contributed by atoms with E-state index in [0.717, 1.165) is 18.7 Å². The molecule has 116 valence electrons. The van der Waals surface area contributed by atoms with Crippen LogP contribution in [0, 0.1) is 0 Å². The number of hydrogen-bond acceptors (Lipinski definition) is 6. The van der Waals surface area contributed by atoms with Crippen LogP contribution in [0.15, 0.2) is 29.4 Å². The first-order chi connectivity index (χ1) is 10.8. The molecule has 0 atom stereocenters. The number of nitrogens with zero attached hydrogens (tertiary/aromatic N) is 6. The minimum atomic E-state index is 0.374. The number of halogens is 1. The Balaban J connectivity index is 1.71. The molecule has 2 N–H and O–H groups in total. The van der Waals surface area contributed by atoms with Crippen LogP contribution in [0.5, 0.6) is 0 Å². The van der Waals surface area contributed by atoms with E-state index in [1.165, 1.54) is 24.1 Å². The molecule has 1 aromatic carbocycles. The van der Waals surface area contributed by atoms with Crippen molar-refractivity contribution in [2.45, 2.75) is 25.8 Å². The Bertz CT molecular complexity index is 643. The molecule has 0 amide bonds. The Morgan fingerprint density at radius 2 is 1.91 bits per heavy atom. The van der Waals surface area contributed by atoms with Crippen LogP contribution in [0.4, 0.5) is 5.95 Å². The lowest BCUT2D eigenvalue weighted by atomic mass is 10.1. The molecule has 1 aliphatic heterocycles. The first-order valence-corrected chi connectivity index (χ1v) is 7.69. The molecule has 1 fully saturated rings. The summed E-state index contributed by atoms with van der Waals surface area (Å²) in [6.45, 7) is 2.35. The van der Waals surface area contributed by atoms with Gasteiger partial charge in [0.05, 0.1) is 5.71 Å². The summed E-state index contributed by atoms with van der Waals surface area (Å²) in [5, 5.41) is 17.2. The number of aromatic nitrogens is 4. The summed E-state index contributed by atoms with van der Waals surface area (Å²) in [5.41, 5.74) is 1.57. The van der Waals surface area contributed by atoms with E-state index < -0.39 is 0 Å². The summed E-state index contributed by atoms with van der Waals surface area (Å²) in [5.74, 6) is 6.17. The largest absolute Gasteiger partial charge is 0.338 e. The van der Waals surface area contributed by atoms with Crippen molar-refractivity contribution >= 4 is 23.3 Å². The Morgan fingerprint density at radius 3 is 2.59 bits per heavy atom. The zero-order chi connectivity index (χ0) is 15.4. The van der Waals surface area contributed by atoms with Gasteiger partial charge in [-0.15, -0.1) is 5.10 Å². The Labute approximate surface area is 133 Å². The van der Waals surface area contributed by atoms with E-state index >= 15 is 0 Å². The minimum absolute atomic E-state index is 0.374. The van der Waals surface area contributed by atoms with E-state index in [0.29, 0.717) is 23.2 Å². The van der Waals surface area contributed by atoms with Crippen molar-refractivity contribution in [1.29, 1.82) is 0 Å². The number of tetrazole rings is 1. The van der Waals surface area contributed by atoms with E-state index in [2.05, 4.69) is 25.4 Å². The molecule has 0 aliphatic carbocycles. The van der Waals surface area contributed by atoms with Crippen molar-refractivity contribution in [2.24, 2.45) is 10.9 Å². The van der Waals surface area contributed by atoms with Gasteiger partial charge in [-0.1, -0.05) is 28.8 Å². The van der Waals surface area contributed by atoms with Crippen LogP contribution >= 0.6 is 11.6 Å². The number of hydrogen-bond donors (Lipinski definition) is 1. The third-order valence-electron chi connectivity index (χ3n) is 3.71. The molecule has 2 aromatic rings. The number of benzene rings is 1. The summed E-state index contributed by atoms with van der Waals surface area (Å²) in [7, 11) is 0. The maximum atomic E-state index is 5.89. The van der Waals surface area contributed by atoms with Crippen molar-refractivity contribution < 1.29 is 0 Å². The lowest BCUT2D eigenvalue weighted by molar-refractivity contribution is 0.563. The van der Waals surface area contributed by atoms with Crippen molar-refractivity contribution in [1.82, 2.24) is 20.2 Å². The molecule has 0 radical (unpaired) electrons. The van der Waals surface area contributed by atoms with Crippen LogP contribution in [-0.4, -0.2) is 39.0 Å². The zero-order valence-electron chi connectivity index (χ0n) is 12.2. The molecule has 0 spiro atoms. The highest BCUT2D eigenvalue weighted by Gasteiger charge is 2.16. The molecule has 22 heavy (non-hydrogen) atoms. The zero-order valence-corrected chi connectivity index (χ0v) is 12.9. The molecule has 2 heterocycles. The average Bonchev–Trinajstić information content (AvgIpc) is 3.03. The predicted octanol–water partition coefficient (Wildman–Crippen LogP) is 1.68. The topological polar surface area (TPSA) is 85.2 Å². The molecule has 0 bridgehead atoms. The van der Waals surface area contributed by atoms with Gasteiger partial charge >= 0.3 is 0 Å². The Hall–Kier alpha value is -2.15. The van der Waals surface area contributed by atoms with Gasteiger partial charge in [0.25, 0.3) is 5.95 Å². The molecule has 8 heteroatoms. The van der Waals surface area contributed by atoms with Gasteiger partial charge < -0.3 is 10.7 Å². The second-order valence-electron chi connectivity index (χ2n) is 5.25. The van der Waals surface area contributed by atoms with Gasteiger partial charge in [-0.2, -0.15) is 9.90 Å². The minimum Gasteiger partial charge on any atom is -0.338 e. The van der Waals surface area contributed by atoms with Crippen LogP contribution in [0.3, 0.4) is 0 Å². The highest BCUT2D eigenvalue weighted by molar-refractivity contribution is 6.30. The second kappa shape index (κ2) is 6.74. The SMILES string of the molecule is N/N=C(\Cn1nnc(N2CCCCC2)n1)c1ccc(Cl)cc1. The molecule has 1 aromatic heterocycles. The first-order valence-electron chi connectivity index (χ1n) is 7.32. The normalized spacial score (nSPS) is 16.0. The summed E-state index contributed by atoms with van der Waals surface area (Å²) >= 11 is 5.89. The Kier molecular flexibility index (Phi) is 4.53. The van der Waals surface area contributed by atoms with Crippen LogP contribution in [-0.2, 0) is 6.54 Å². The maximum Gasteiger partial charge on any atom is 0.266 e. The predicted molar refractivity (Wildman–Crippen MR) is 86.1 cm³/mol. The van der Waals surface area contributed by atoms with Gasteiger partial charge in [-0.05, 0) is 42.2 Å². The summed E-state index contributed by atoms with van der Waals surface area (Å²) in [4.78, 5) is 3.68. The molecule has 1 aliphatic rings. The standard InChI is InChI=1S/C14H18ClN7/c15-12-6-4-11(5-7-12)13(17-16)10-22-19-14(18-20-22)21-8-2-1-3-9-21/h4-7H,1-3,8-10,16H2/b17-13+. The van der Waals surface area contributed by atoms with E-state index in [4.69, 9.17) is 17.4 Å². The summed E-state index contributed by atoms with van der Waals surface area (Å²) in [6, 6.07) is 7.35. The van der Waals surface area contributed by atoms with E-state index in [1.807, 2.05) is 12.1 Å². The number of piperidine rings is 1. The highest BCUT2D eigenvalue weighted by Crippen LogP contribution is 2.14. The molecule has 0 saturated carbocycles. The van der Waals surface area contributed by atoms with Crippen LogP contribution < -0.4 is 10.7 Å². The third kappa shape index (κ3) is 3.36. The number of anilines is 1. The lowest BCUT2D eigenvalue weighted by Crippen LogP contribution is -2.30. The van der Waals surface area contributed by atoms with Crippen LogP contribution in [0.1, 0.15) is 24.8 Å². The maximum absolute atomic E-state index is 5.89. The fourth-order valence-corrected chi connectivity index (χ4v) is 2.63. The van der Waals surface area contributed by atoms with Gasteiger partial charge in [0, 0.05) is 18.1 Å². The molecule has 1 saturated heterocycles. The monoisotopic (exact) mass is 319 g/mol. The number of hydrazone groups is 1. The van der Waals surface area contributed by atoms with Gasteiger partial charge in [-0.25, -0.2) is 0 Å². The van der Waals surface area contributed by atoms with Gasteiger partial charge in [0.1, 0.15) is 6.54 Å². The van der Waals surface area contributed by atoms with E-state index in [9.17, 15) is 0 Å². The molecular weight excluding hydrogens is 302 g/mol. The quantitative estimate of drug-likeness (QED) is 0.526. The Morgan fingerprint density at radius 1 is 1.18 bits per heavy atom. The first kappa shape index (κ1) is 14.8. The van der Waals surface area contributed by atoms with Crippen molar-refractivity contribution in [3.05, 3.63) is 34.9 Å². The molecule has 3 rings (SSSR count). The van der Waals surface area contributed by atoms with E-state index in [-0.39, 0.29) is 0 Å². The van der Waals surface area contributed by atoms with Crippen LogP contribution in [0.2, 0.25) is 5.02 Å². The summed E-state index contributed by atoms with van der Waals surface area (Å²) < 4.78 is 0. The highest BCUT2D eigenvalue weighted by atomic mass is 35.5. The number of nitrogens with two attached hydrogens (primary N) is 1. The van der Waals surface area contributed by atoms with Crippen molar-refractivity contribution in [3.63, 3.8) is 0 Å². The van der Waals surface area contributed by atoms with Gasteiger partial charge in [0.2, 0.25) is 0 Å². The lowest BCUT2D eigenvalue weighted by Gasteiger charge is -2.24. The molecule has 7 nitrogen and oxygen atoms in total. The van der Waals surface area contributed by atoms with Crippen molar-refractivity contribution in [3.8, 4) is 0 Å². The van der Waals surface area contributed by atoms with Crippen molar-refractivity contribution in [2.75, 3.05) is 18.0 Å². The molecular formula is C14H18ClN7. The second-order valence-corrected chi connectivity index (χ2v) is 5.69. The average molecular weight is 320 g/mol. The van der Waals surface area contributed by atoms with E-state index in [1.54, 1.807) is 12.1 Å². The van der Waals surface area contributed by atoms with Gasteiger partial charge in [-0.3, -0.25) is 0 Å². The fourth-order valence-electron chi connectivity index (χ4n) is 2.51. The van der Waals surface area contributed by atoms with Gasteiger partial charge in [0.15, 0.2) is 0 Å². The molecule has 0 unspecified atom stereocenters. The summed E-state index contributed by atoms with van der Waals surface area (Å²) in [6.07, 6.45) is 3.62.